The summed E-state index contributed by atoms with van der Waals surface area (Å²) in [5.74, 6) is 0.711. The molecule has 28 heavy (non-hydrogen) atoms. The summed E-state index contributed by atoms with van der Waals surface area (Å²) < 4.78 is 5.23. The fourth-order valence-electron chi connectivity index (χ4n) is 4.25. The van der Waals surface area contributed by atoms with Crippen molar-refractivity contribution in [2.45, 2.75) is 45.6 Å². The third kappa shape index (κ3) is 3.88. The molecule has 0 saturated carbocycles. The first-order chi connectivity index (χ1) is 13.4. The Morgan fingerprint density at radius 2 is 2.07 bits per heavy atom. The number of amides is 1. The Morgan fingerprint density at radius 1 is 1.32 bits per heavy atom. The smallest absolute Gasteiger partial charge is 0.275 e. The molecule has 1 N–H and O–H groups in total. The number of methoxy groups -OCH3 is 1. The van der Waals surface area contributed by atoms with E-state index in [-0.39, 0.29) is 11.4 Å². The maximum Gasteiger partial charge on any atom is 0.275 e. The number of anilines is 1. The zero-order valence-electron chi connectivity index (χ0n) is 17.3. The fourth-order valence-corrected chi connectivity index (χ4v) is 4.25. The molecule has 1 amide bonds. The van der Waals surface area contributed by atoms with E-state index in [1.54, 1.807) is 31.5 Å². The lowest BCUT2D eigenvalue weighted by atomic mass is 9.79. The van der Waals surface area contributed by atoms with Crippen LogP contribution in [0.2, 0.25) is 0 Å². The van der Waals surface area contributed by atoms with Crippen LogP contribution in [0.1, 0.15) is 61.5 Å². The molecule has 1 atom stereocenters. The highest BCUT2D eigenvalue weighted by Gasteiger charge is 2.35. The molecule has 0 spiro atoms. The average Bonchev–Trinajstić information content (AvgIpc) is 2.67. The van der Waals surface area contributed by atoms with Gasteiger partial charge in [-0.25, -0.2) is 5.43 Å². The van der Waals surface area contributed by atoms with Crippen molar-refractivity contribution in [3.63, 3.8) is 0 Å². The van der Waals surface area contributed by atoms with Crippen molar-refractivity contribution in [1.29, 1.82) is 0 Å². The average molecular weight is 380 g/mol. The lowest BCUT2D eigenvalue weighted by Crippen LogP contribution is -2.48. The van der Waals surface area contributed by atoms with Crippen molar-refractivity contribution in [3.05, 3.63) is 59.2 Å². The summed E-state index contributed by atoms with van der Waals surface area (Å²) in [7, 11) is 1.55. The number of carbonyl (C=O) groups is 1. The summed E-state index contributed by atoms with van der Waals surface area (Å²) >= 11 is 0. The van der Waals surface area contributed by atoms with Crippen LogP contribution in [-0.4, -0.2) is 31.3 Å². The summed E-state index contributed by atoms with van der Waals surface area (Å²) in [6.07, 6.45) is 2.80. The van der Waals surface area contributed by atoms with Crippen LogP contribution in [0.25, 0.3) is 0 Å². The van der Waals surface area contributed by atoms with Gasteiger partial charge in [0, 0.05) is 17.8 Å². The number of hydrogen-bond acceptors (Lipinski definition) is 4. The Bertz CT molecular complexity index is 889. The van der Waals surface area contributed by atoms with Gasteiger partial charge in [-0.3, -0.25) is 4.79 Å². The molecular weight excluding hydrogens is 350 g/mol. The van der Waals surface area contributed by atoms with Gasteiger partial charge in [0.2, 0.25) is 0 Å². The number of hydrogen-bond donors (Lipinski definition) is 1. The van der Waals surface area contributed by atoms with Crippen molar-refractivity contribution in [2.24, 2.45) is 5.10 Å². The Labute approximate surface area is 167 Å². The SMILES string of the molecule is CCN1c2ccc(/C=N\NC(=O)c3ccccc3OC)cc2[C@H](C)CC1(C)C. The fraction of sp³-hybridized carbons (Fsp3) is 0.391. The predicted octanol–water partition coefficient (Wildman–Crippen LogP) is 4.57. The van der Waals surface area contributed by atoms with Gasteiger partial charge in [-0.15, -0.1) is 0 Å². The van der Waals surface area contributed by atoms with Gasteiger partial charge >= 0.3 is 0 Å². The monoisotopic (exact) mass is 379 g/mol. The number of benzene rings is 2. The summed E-state index contributed by atoms with van der Waals surface area (Å²) in [6.45, 7) is 10.1. The summed E-state index contributed by atoms with van der Waals surface area (Å²) in [4.78, 5) is 14.8. The number of hydrazone groups is 1. The minimum Gasteiger partial charge on any atom is -0.496 e. The molecule has 0 bridgehead atoms. The first-order valence-corrected chi connectivity index (χ1v) is 9.75. The molecule has 2 aromatic rings. The first-order valence-electron chi connectivity index (χ1n) is 9.75. The highest BCUT2D eigenvalue weighted by Crippen LogP contribution is 2.43. The molecule has 148 valence electrons. The number of ether oxygens (including phenoxy) is 1. The van der Waals surface area contributed by atoms with Crippen LogP contribution >= 0.6 is 0 Å². The van der Waals surface area contributed by atoms with E-state index < -0.39 is 0 Å². The summed E-state index contributed by atoms with van der Waals surface area (Å²) in [5, 5.41) is 4.14. The first kappa shape index (κ1) is 19.9. The van der Waals surface area contributed by atoms with E-state index in [9.17, 15) is 4.79 Å². The molecule has 1 heterocycles. The molecule has 3 rings (SSSR count). The molecule has 0 fully saturated rings. The van der Waals surface area contributed by atoms with Crippen LogP contribution in [0.15, 0.2) is 47.6 Å². The highest BCUT2D eigenvalue weighted by atomic mass is 16.5. The largest absolute Gasteiger partial charge is 0.496 e. The van der Waals surface area contributed by atoms with Gasteiger partial charge in [0.1, 0.15) is 5.75 Å². The Kier molecular flexibility index (Phi) is 5.73. The Balaban J connectivity index is 1.77. The van der Waals surface area contributed by atoms with Crippen LogP contribution in [0, 0.1) is 0 Å². The molecule has 5 nitrogen and oxygen atoms in total. The number of para-hydroxylation sites is 1. The van der Waals surface area contributed by atoms with E-state index in [1.807, 2.05) is 12.1 Å². The molecule has 0 radical (unpaired) electrons. The third-order valence-corrected chi connectivity index (χ3v) is 5.46. The molecule has 0 unspecified atom stereocenters. The third-order valence-electron chi connectivity index (χ3n) is 5.46. The second kappa shape index (κ2) is 8.05. The van der Waals surface area contributed by atoms with E-state index in [0.717, 1.165) is 18.5 Å². The van der Waals surface area contributed by atoms with Gasteiger partial charge in [0.25, 0.3) is 5.91 Å². The highest BCUT2D eigenvalue weighted by molar-refractivity contribution is 5.97. The van der Waals surface area contributed by atoms with Crippen molar-refractivity contribution < 1.29 is 9.53 Å². The van der Waals surface area contributed by atoms with E-state index in [1.165, 1.54) is 11.3 Å². The molecule has 0 saturated heterocycles. The Hall–Kier alpha value is -2.82. The number of nitrogens with zero attached hydrogens (tertiary/aromatic N) is 2. The topological polar surface area (TPSA) is 53.9 Å². The Morgan fingerprint density at radius 3 is 2.79 bits per heavy atom. The predicted molar refractivity (Wildman–Crippen MR) is 115 cm³/mol. The van der Waals surface area contributed by atoms with Crippen molar-refractivity contribution >= 4 is 17.8 Å². The molecule has 1 aliphatic rings. The van der Waals surface area contributed by atoms with E-state index in [0.29, 0.717) is 17.2 Å². The quantitative estimate of drug-likeness (QED) is 0.611. The summed E-state index contributed by atoms with van der Waals surface area (Å²) in [5.41, 5.74) is 6.80. The van der Waals surface area contributed by atoms with Gasteiger partial charge < -0.3 is 9.64 Å². The normalized spacial score (nSPS) is 18.0. The molecular formula is C23H29N3O2. The zero-order valence-corrected chi connectivity index (χ0v) is 17.3. The van der Waals surface area contributed by atoms with E-state index in [4.69, 9.17) is 4.74 Å². The van der Waals surface area contributed by atoms with Crippen molar-refractivity contribution in [2.75, 3.05) is 18.6 Å². The van der Waals surface area contributed by atoms with Crippen LogP contribution in [-0.2, 0) is 0 Å². The standard InChI is InChI=1S/C23H29N3O2/c1-6-26-20-12-11-17(13-19(20)16(2)14-23(26,3)4)15-24-25-22(27)18-9-7-8-10-21(18)28-5/h7-13,15-16H,6,14H2,1-5H3,(H,25,27)/b24-15-/t16-/m1/s1. The van der Waals surface area contributed by atoms with Gasteiger partial charge in [-0.1, -0.05) is 25.1 Å². The van der Waals surface area contributed by atoms with Crippen LogP contribution < -0.4 is 15.1 Å². The molecule has 0 aliphatic carbocycles. The molecule has 1 aliphatic heterocycles. The minimum atomic E-state index is -0.293. The maximum atomic E-state index is 12.3. The number of rotatable bonds is 5. The van der Waals surface area contributed by atoms with Gasteiger partial charge in [0.15, 0.2) is 0 Å². The number of carbonyl (C=O) groups excluding carboxylic acids is 1. The second-order valence-electron chi connectivity index (χ2n) is 7.88. The lowest BCUT2D eigenvalue weighted by molar-refractivity contribution is 0.0952. The molecule has 2 aromatic carbocycles. The lowest BCUT2D eigenvalue weighted by Gasteiger charge is -2.47. The maximum absolute atomic E-state index is 12.3. The van der Waals surface area contributed by atoms with Crippen molar-refractivity contribution in [3.8, 4) is 5.75 Å². The van der Waals surface area contributed by atoms with Gasteiger partial charge in [0.05, 0.1) is 18.9 Å². The van der Waals surface area contributed by atoms with Crippen LogP contribution in [0.3, 0.4) is 0 Å². The van der Waals surface area contributed by atoms with Gasteiger partial charge in [-0.05, 0) is 68.5 Å². The zero-order chi connectivity index (χ0) is 20.3. The summed E-state index contributed by atoms with van der Waals surface area (Å²) in [6, 6.07) is 13.5. The number of fused-ring (bicyclic) bond motifs is 1. The van der Waals surface area contributed by atoms with Crippen LogP contribution in [0.5, 0.6) is 5.75 Å². The number of nitrogens with one attached hydrogen (secondary N) is 1. The van der Waals surface area contributed by atoms with E-state index in [2.05, 4.69) is 55.3 Å². The van der Waals surface area contributed by atoms with Crippen molar-refractivity contribution in [1.82, 2.24) is 5.43 Å². The van der Waals surface area contributed by atoms with Crippen LogP contribution in [0.4, 0.5) is 5.69 Å². The van der Waals surface area contributed by atoms with Gasteiger partial charge in [-0.2, -0.15) is 5.10 Å². The second-order valence-corrected chi connectivity index (χ2v) is 7.88. The van der Waals surface area contributed by atoms with E-state index >= 15 is 0 Å². The molecule has 5 heteroatoms. The molecule has 0 aromatic heterocycles. The minimum absolute atomic E-state index is 0.152.